The third kappa shape index (κ3) is 4.60. The van der Waals surface area contributed by atoms with Crippen LogP contribution in [-0.4, -0.2) is 23.0 Å². The normalized spacial score (nSPS) is 16.8. The predicted molar refractivity (Wildman–Crippen MR) is 124 cm³/mol. The number of benzene rings is 2. The number of carbonyl (C=O) groups excluding carboxylic acids is 2. The van der Waals surface area contributed by atoms with Gasteiger partial charge in [0.15, 0.2) is 5.11 Å². The van der Waals surface area contributed by atoms with E-state index in [9.17, 15) is 9.59 Å². The summed E-state index contributed by atoms with van der Waals surface area (Å²) < 4.78 is 5.95. The van der Waals surface area contributed by atoms with Crippen LogP contribution in [0.1, 0.15) is 51.2 Å². The molecule has 1 aliphatic heterocycles. The largest absolute Gasteiger partial charge is 0.490 e. The Balaban J connectivity index is 1.97. The van der Waals surface area contributed by atoms with Gasteiger partial charge in [0, 0.05) is 5.56 Å². The molecule has 156 valence electrons. The number of hydrogen-bond acceptors (Lipinski definition) is 4. The minimum absolute atomic E-state index is 0.0109. The van der Waals surface area contributed by atoms with Crippen molar-refractivity contribution in [2.24, 2.45) is 0 Å². The van der Waals surface area contributed by atoms with E-state index in [1.54, 1.807) is 6.08 Å². The highest BCUT2D eigenvalue weighted by molar-refractivity contribution is 7.80. The van der Waals surface area contributed by atoms with E-state index in [0.29, 0.717) is 22.9 Å². The van der Waals surface area contributed by atoms with Gasteiger partial charge in [-0.1, -0.05) is 51.1 Å². The zero-order chi connectivity index (χ0) is 21.8. The van der Waals surface area contributed by atoms with E-state index in [2.05, 4.69) is 19.2 Å². The van der Waals surface area contributed by atoms with Gasteiger partial charge in [-0.05, 0) is 61.3 Å². The fraction of sp³-hybridized carbons (Fsp3) is 0.292. The second kappa shape index (κ2) is 9.22. The first-order valence-corrected chi connectivity index (χ1v) is 10.5. The highest BCUT2D eigenvalue weighted by Crippen LogP contribution is 2.27. The number of amides is 2. The van der Waals surface area contributed by atoms with Gasteiger partial charge < -0.3 is 4.74 Å². The van der Waals surface area contributed by atoms with Crippen LogP contribution in [0, 0.1) is 0 Å². The lowest BCUT2D eigenvalue weighted by atomic mass is 10.0. The van der Waals surface area contributed by atoms with Crippen LogP contribution in [0.5, 0.6) is 5.75 Å². The van der Waals surface area contributed by atoms with Gasteiger partial charge in [0.25, 0.3) is 11.8 Å². The lowest BCUT2D eigenvalue weighted by Gasteiger charge is -2.29. The van der Waals surface area contributed by atoms with Gasteiger partial charge >= 0.3 is 0 Å². The Bertz CT molecular complexity index is 996. The van der Waals surface area contributed by atoms with E-state index in [0.717, 1.165) is 12.0 Å². The molecule has 1 heterocycles. The molecule has 0 unspecified atom stereocenters. The molecule has 1 aliphatic rings. The van der Waals surface area contributed by atoms with E-state index in [1.165, 1.54) is 4.90 Å². The first kappa shape index (κ1) is 21.7. The summed E-state index contributed by atoms with van der Waals surface area (Å²) >= 11 is 5.29. The van der Waals surface area contributed by atoms with Gasteiger partial charge in [0.2, 0.25) is 0 Å². The summed E-state index contributed by atoms with van der Waals surface area (Å²) in [5.41, 5.74) is 2.45. The summed E-state index contributed by atoms with van der Waals surface area (Å²) in [6.45, 7) is 8.22. The number of carbonyl (C=O) groups is 2. The number of ether oxygens (including phenoxy) is 1. The number of nitrogens with one attached hydrogen (secondary N) is 1. The van der Waals surface area contributed by atoms with Crippen molar-refractivity contribution in [3.63, 3.8) is 0 Å². The first-order valence-electron chi connectivity index (χ1n) is 10.1. The van der Waals surface area contributed by atoms with Gasteiger partial charge in [-0.25, -0.2) is 0 Å². The molecular formula is C24H26N2O3S. The molecular weight excluding hydrogens is 396 g/mol. The molecule has 1 fully saturated rings. The van der Waals surface area contributed by atoms with Crippen molar-refractivity contribution in [1.82, 2.24) is 5.32 Å². The average Bonchev–Trinajstić information content (AvgIpc) is 2.72. The quantitative estimate of drug-likeness (QED) is 0.412. The molecule has 6 heteroatoms. The Hall–Kier alpha value is -2.99. The Morgan fingerprint density at radius 2 is 1.73 bits per heavy atom. The minimum Gasteiger partial charge on any atom is -0.490 e. The van der Waals surface area contributed by atoms with Gasteiger partial charge in [0.1, 0.15) is 11.3 Å². The zero-order valence-corrected chi connectivity index (χ0v) is 18.5. The Kier molecular flexibility index (Phi) is 6.67. The number of nitrogens with zero attached hydrogens (tertiary/aromatic N) is 1. The fourth-order valence-electron chi connectivity index (χ4n) is 3.06. The van der Waals surface area contributed by atoms with Crippen LogP contribution in [-0.2, 0) is 9.59 Å². The molecule has 2 amide bonds. The molecule has 0 aliphatic carbocycles. The maximum absolute atomic E-state index is 13.2. The molecule has 0 bridgehead atoms. The average molecular weight is 423 g/mol. The molecule has 0 aromatic heterocycles. The van der Waals surface area contributed by atoms with E-state index in [-0.39, 0.29) is 16.8 Å². The Morgan fingerprint density at radius 1 is 1.07 bits per heavy atom. The molecule has 2 aromatic carbocycles. The van der Waals surface area contributed by atoms with Gasteiger partial charge in [-0.3, -0.25) is 19.8 Å². The summed E-state index contributed by atoms with van der Waals surface area (Å²) in [5.74, 6) is 0.0268. The standard InChI is InChI=1S/C24H26N2O3S/c1-5-16(4)29-21-9-7-6-8-18(21)14-20-22(27)25-24(30)26(23(20)28)19-12-10-17(11-13-19)15(2)3/h6-16H,5H2,1-4H3,(H,25,27,30)/b20-14+/t16-/m1/s1. The third-order valence-corrected chi connectivity index (χ3v) is 5.33. The molecule has 0 radical (unpaired) electrons. The number of hydrogen-bond donors (Lipinski definition) is 1. The fourth-order valence-corrected chi connectivity index (χ4v) is 3.34. The van der Waals surface area contributed by atoms with E-state index < -0.39 is 11.8 Å². The van der Waals surface area contributed by atoms with Crippen molar-refractivity contribution in [3.05, 3.63) is 65.2 Å². The van der Waals surface area contributed by atoms with Crippen LogP contribution < -0.4 is 15.0 Å². The van der Waals surface area contributed by atoms with Crippen LogP contribution in [0.3, 0.4) is 0 Å². The van der Waals surface area contributed by atoms with Crippen molar-refractivity contribution >= 4 is 40.9 Å². The lowest BCUT2D eigenvalue weighted by molar-refractivity contribution is -0.122. The minimum atomic E-state index is -0.515. The van der Waals surface area contributed by atoms with Crippen molar-refractivity contribution < 1.29 is 14.3 Å². The maximum Gasteiger partial charge on any atom is 0.270 e. The summed E-state index contributed by atoms with van der Waals surface area (Å²) in [6, 6.07) is 15.0. The van der Waals surface area contributed by atoms with Crippen LogP contribution in [0.4, 0.5) is 5.69 Å². The van der Waals surface area contributed by atoms with Gasteiger partial charge in [0.05, 0.1) is 11.8 Å². The molecule has 1 atom stereocenters. The maximum atomic E-state index is 13.2. The topological polar surface area (TPSA) is 58.6 Å². The second-order valence-corrected chi connectivity index (χ2v) is 7.97. The molecule has 5 nitrogen and oxygen atoms in total. The molecule has 2 aromatic rings. The molecule has 1 N–H and O–H groups in total. The number of anilines is 1. The lowest BCUT2D eigenvalue weighted by Crippen LogP contribution is -2.54. The van der Waals surface area contributed by atoms with Gasteiger partial charge in [-0.2, -0.15) is 0 Å². The van der Waals surface area contributed by atoms with E-state index >= 15 is 0 Å². The first-order chi connectivity index (χ1) is 14.3. The van der Waals surface area contributed by atoms with Crippen molar-refractivity contribution in [2.75, 3.05) is 4.90 Å². The summed E-state index contributed by atoms with van der Waals surface area (Å²) in [5, 5.41) is 2.70. The third-order valence-electron chi connectivity index (χ3n) is 5.04. The summed E-state index contributed by atoms with van der Waals surface area (Å²) in [4.78, 5) is 27.2. The summed E-state index contributed by atoms with van der Waals surface area (Å²) in [7, 11) is 0. The zero-order valence-electron chi connectivity index (χ0n) is 17.6. The van der Waals surface area contributed by atoms with E-state index in [4.69, 9.17) is 17.0 Å². The molecule has 0 saturated carbocycles. The Labute approximate surface area is 182 Å². The molecule has 3 rings (SSSR count). The molecule has 30 heavy (non-hydrogen) atoms. The second-order valence-electron chi connectivity index (χ2n) is 7.58. The van der Waals surface area contributed by atoms with Crippen LogP contribution in [0.25, 0.3) is 6.08 Å². The summed E-state index contributed by atoms with van der Waals surface area (Å²) in [6.07, 6.45) is 2.43. The van der Waals surface area contributed by atoms with Crippen molar-refractivity contribution in [2.45, 2.75) is 46.1 Å². The van der Waals surface area contributed by atoms with Crippen molar-refractivity contribution in [3.8, 4) is 5.75 Å². The van der Waals surface area contributed by atoms with Gasteiger partial charge in [-0.15, -0.1) is 0 Å². The molecule has 0 spiro atoms. The van der Waals surface area contributed by atoms with Crippen molar-refractivity contribution in [1.29, 1.82) is 0 Å². The van der Waals surface area contributed by atoms with E-state index in [1.807, 2.05) is 62.4 Å². The highest BCUT2D eigenvalue weighted by atomic mass is 32.1. The smallest absolute Gasteiger partial charge is 0.270 e. The highest BCUT2D eigenvalue weighted by Gasteiger charge is 2.34. The number of thiocarbonyl (C=S) groups is 1. The van der Waals surface area contributed by atoms with Crippen LogP contribution in [0.2, 0.25) is 0 Å². The van der Waals surface area contributed by atoms with Crippen LogP contribution in [0.15, 0.2) is 54.1 Å². The number of para-hydroxylation sites is 1. The predicted octanol–water partition coefficient (Wildman–Crippen LogP) is 4.82. The SMILES string of the molecule is CC[C@@H](C)Oc1ccccc1/C=C1\C(=O)NC(=S)N(c2ccc(C(C)C)cc2)C1=O. The monoisotopic (exact) mass is 422 g/mol. The van der Waals surface area contributed by atoms with Crippen LogP contribution >= 0.6 is 12.2 Å². The number of rotatable bonds is 6. The Morgan fingerprint density at radius 3 is 2.37 bits per heavy atom. The molecule has 1 saturated heterocycles.